The summed E-state index contributed by atoms with van der Waals surface area (Å²) in [5, 5.41) is 6.95. The van der Waals surface area contributed by atoms with Crippen molar-refractivity contribution < 1.29 is 22.8 Å². The zero-order valence-electron chi connectivity index (χ0n) is 15.9. The lowest BCUT2D eigenvalue weighted by Crippen LogP contribution is -2.34. The number of nitrogens with zero attached hydrogens (tertiary/aromatic N) is 3. The Hall–Kier alpha value is -3.20. The molecule has 1 atom stereocenters. The Kier molecular flexibility index (Phi) is 5.54. The number of amides is 2. The van der Waals surface area contributed by atoms with Crippen molar-refractivity contribution in [3.05, 3.63) is 58.9 Å². The third-order valence-electron chi connectivity index (χ3n) is 4.82. The van der Waals surface area contributed by atoms with Crippen LogP contribution in [-0.2, 0) is 0 Å². The number of likely N-dealkylation sites (tertiary alicyclic amines) is 1. The lowest BCUT2D eigenvalue weighted by atomic mass is 10.2. The second-order valence-corrected chi connectivity index (χ2v) is 7.12. The first kappa shape index (κ1) is 20.1. The number of rotatable bonds is 4. The van der Waals surface area contributed by atoms with Crippen LogP contribution in [0.3, 0.4) is 0 Å². The number of carbonyl (C=O) groups excluding carboxylic acids is 1. The van der Waals surface area contributed by atoms with Crippen molar-refractivity contribution in [1.29, 1.82) is 0 Å². The number of aromatic nitrogens is 2. The number of benzene rings is 2. The Morgan fingerprint density at radius 2 is 2.13 bits per heavy atom. The van der Waals surface area contributed by atoms with Crippen LogP contribution in [0.15, 0.2) is 40.9 Å². The molecule has 0 spiro atoms. The van der Waals surface area contributed by atoms with Crippen molar-refractivity contribution in [3.8, 4) is 17.1 Å². The number of nitrogens with one attached hydrogen (secondary N) is 1. The summed E-state index contributed by atoms with van der Waals surface area (Å²) < 4.78 is 37.5. The van der Waals surface area contributed by atoms with Gasteiger partial charge in [0.05, 0.1) is 17.7 Å². The van der Waals surface area contributed by atoms with Gasteiger partial charge in [-0.05, 0) is 43.2 Å². The molecular formula is C20H17ClF2N4O3. The minimum absolute atomic E-state index is 0.00306. The van der Waals surface area contributed by atoms with Gasteiger partial charge in [-0.2, -0.15) is 4.98 Å². The summed E-state index contributed by atoms with van der Waals surface area (Å²) in [6, 6.07) is 7.22. The monoisotopic (exact) mass is 434 g/mol. The molecule has 7 nitrogen and oxygen atoms in total. The molecule has 2 amide bonds. The fourth-order valence-corrected chi connectivity index (χ4v) is 3.61. The van der Waals surface area contributed by atoms with Crippen LogP contribution in [0.4, 0.5) is 19.3 Å². The van der Waals surface area contributed by atoms with Crippen LogP contribution < -0.4 is 10.1 Å². The molecule has 0 aliphatic carbocycles. The molecule has 2 aromatic carbocycles. The number of methoxy groups -OCH3 is 1. The Morgan fingerprint density at radius 1 is 1.30 bits per heavy atom. The highest BCUT2D eigenvalue weighted by molar-refractivity contribution is 6.32. The summed E-state index contributed by atoms with van der Waals surface area (Å²) in [4.78, 5) is 18.6. The van der Waals surface area contributed by atoms with Crippen molar-refractivity contribution >= 4 is 23.3 Å². The maximum absolute atomic E-state index is 14.0. The first-order valence-electron chi connectivity index (χ1n) is 9.16. The van der Waals surface area contributed by atoms with Crippen LogP contribution >= 0.6 is 11.6 Å². The van der Waals surface area contributed by atoms with Crippen molar-refractivity contribution in [3.63, 3.8) is 0 Å². The molecule has 3 aromatic rings. The second-order valence-electron chi connectivity index (χ2n) is 6.71. The molecule has 0 bridgehead atoms. The summed E-state index contributed by atoms with van der Waals surface area (Å²) in [6.07, 6.45) is 1.36. The molecule has 0 radical (unpaired) electrons. The van der Waals surface area contributed by atoms with Gasteiger partial charge in [-0.1, -0.05) is 16.8 Å². The third-order valence-corrected chi connectivity index (χ3v) is 5.11. The van der Waals surface area contributed by atoms with Crippen LogP contribution in [0.5, 0.6) is 5.75 Å². The lowest BCUT2D eigenvalue weighted by Gasteiger charge is -2.22. The predicted molar refractivity (Wildman–Crippen MR) is 105 cm³/mol. The molecule has 1 aliphatic heterocycles. The van der Waals surface area contributed by atoms with E-state index in [0.29, 0.717) is 29.4 Å². The normalized spacial score (nSPS) is 16.0. The molecule has 10 heteroatoms. The Balaban J connectivity index is 1.52. The van der Waals surface area contributed by atoms with E-state index in [0.717, 1.165) is 18.6 Å². The molecule has 0 saturated carbocycles. The molecule has 1 aliphatic rings. The zero-order valence-corrected chi connectivity index (χ0v) is 16.6. The number of urea groups is 1. The predicted octanol–water partition coefficient (Wildman–Crippen LogP) is 5.05. The molecule has 1 N–H and O–H groups in total. The van der Waals surface area contributed by atoms with Crippen molar-refractivity contribution in [2.75, 3.05) is 19.0 Å². The van der Waals surface area contributed by atoms with Gasteiger partial charge in [-0.3, -0.25) is 0 Å². The standard InChI is InChI=1S/C20H17ClF2N4O3/c1-29-17-7-5-12(10-14(17)21)24-20(28)27-8-2-3-16(27)19-25-18(26-30-19)13-6-4-11(22)9-15(13)23/h4-7,9-10,16H,2-3,8H2,1H3,(H,24,28)/t16-/m1/s1. The fraction of sp³-hybridized carbons (Fsp3) is 0.250. The highest BCUT2D eigenvalue weighted by atomic mass is 35.5. The molecule has 2 heterocycles. The highest BCUT2D eigenvalue weighted by Gasteiger charge is 2.34. The first-order chi connectivity index (χ1) is 14.5. The average molecular weight is 435 g/mol. The van der Waals surface area contributed by atoms with E-state index in [1.165, 1.54) is 13.2 Å². The summed E-state index contributed by atoms with van der Waals surface area (Å²) >= 11 is 6.10. The van der Waals surface area contributed by atoms with E-state index in [1.807, 2.05) is 0 Å². The van der Waals surface area contributed by atoms with Crippen LogP contribution in [0, 0.1) is 11.6 Å². The Bertz CT molecular complexity index is 1090. The van der Waals surface area contributed by atoms with Crippen LogP contribution in [-0.4, -0.2) is 34.7 Å². The zero-order chi connectivity index (χ0) is 21.3. The molecule has 30 heavy (non-hydrogen) atoms. The largest absolute Gasteiger partial charge is 0.495 e. The number of hydrogen-bond acceptors (Lipinski definition) is 5. The van der Waals surface area contributed by atoms with Gasteiger partial charge in [-0.15, -0.1) is 0 Å². The molecule has 4 rings (SSSR count). The van der Waals surface area contributed by atoms with Crippen LogP contribution in [0.2, 0.25) is 5.02 Å². The minimum Gasteiger partial charge on any atom is -0.495 e. The Labute approximate surface area is 175 Å². The van der Waals surface area contributed by atoms with Gasteiger partial charge in [0.2, 0.25) is 11.7 Å². The molecule has 0 unspecified atom stereocenters. The fourth-order valence-electron chi connectivity index (χ4n) is 3.36. The topological polar surface area (TPSA) is 80.5 Å². The van der Waals surface area contributed by atoms with Crippen LogP contribution in [0.1, 0.15) is 24.8 Å². The summed E-state index contributed by atoms with van der Waals surface area (Å²) in [7, 11) is 1.50. The lowest BCUT2D eigenvalue weighted by molar-refractivity contribution is 0.193. The number of halogens is 3. The number of anilines is 1. The van der Waals surface area contributed by atoms with E-state index in [-0.39, 0.29) is 23.3 Å². The smallest absolute Gasteiger partial charge is 0.322 e. The van der Waals surface area contributed by atoms with Crippen molar-refractivity contribution in [1.82, 2.24) is 15.0 Å². The van der Waals surface area contributed by atoms with Gasteiger partial charge >= 0.3 is 6.03 Å². The van der Waals surface area contributed by atoms with E-state index in [4.69, 9.17) is 20.9 Å². The summed E-state index contributed by atoms with van der Waals surface area (Å²) in [5.41, 5.74) is 0.532. The van der Waals surface area contributed by atoms with Crippen molar-refractivity contribution in [2.45, 2.75) is 18.9 Å². The molecular weight excluding hydrogens is 418 g/mol. The minimum atomic E-state index is -0.792. The third kappa shape index (κ3) is 3.93. The van der Waals surface area contributed by atoms with Crippen LogP contribution in [0.25, 0.3) is 11.4 Å². The molecule has 1 saturated heterocycles. The summed E-state index contributed by atoms with van der Waals surface area (Å²) in [5.74, 6) is -0.803. The average Bonchev–Trinajstić information content (AvgIpc) is 3.37. The van der Waals surface area contributed by atoms with Gasteiger partial charge in [0.15, 0.2) is 0 Å². The molecule has 1 fully saturated rings. The number of hydrogen-bond donors (Lipinski definition) is 1. The van der Waals surface area contributed by atoms with Gasteiger partial charge < -0.3 is 19.5 Å². The first-order valence-corrected chi connectivity index (χ1v) is 9.54. The second kappa shape index (κ2) is 8.27. The van der Waals surface area contributed by atoms with E-state index >= 15 is 0 Å². The van der Waals surface area contributed by atoms with Gasteiger partial charge in [-0.25, -0.2) is 13.6 Å². The van der Waals surface area contributed by atoms with Gasteiger partial charge in [0.1, 0.15) is 23.4 Å². The summed E-state index contributed by atoms with van der Waals surface area (Å²) in [6.45, 7) is 0.489. The molecule has 156 valence electrons. The highest BCUT2D eigenvalue weighted by Crippen LogP contribution is 2.33. The van der Waals surface area contributed by atoms with Gasteiger partial charge in [0.25, 0.3) is 0 Å². The Morgan fingerprint density at radius 3 is 2.87 bits per heavy atom. The number of ether oxygens (including phenoxy) is 1. The van der Waals surface area contributed by atoms with Crippen molar-refractivity contribution in [2.24, 2.45) is 0 Å². The maximum atomic E-state index is 14.0. The van der Waals surface area contributed by atoms with E-state index in [1.54, 1.807) is 23.1 Å². The van der Waals surface area contributed by atoms with E-state index in [9.17, 15) is 13.6 Å². The van der Waals surface area contributed by atoms with E-state index in [2.05, 4.69) is 15.5 Å². The molecule has 1 aromatic heterocycles. The SMILES string of the molecule is COc1ccc(NC(=O)N2CCC[C@@H]2c2nc(-c3ccc(F)cc3F)no2)cc1Cl. The number of carbonyl (C=O) groups is 1. The quantitative estimate of drug-likeness (QED) is 0.621. The van der Waals surface area contributed by atoms with Gasteiger partial charge in [0, 0.05) is 18.3 Å². The maximum Gasteiger partial charge on any atom is 0.322 e. The van der Waals surface area contributed by atoms with E-state index < -0.39 is 17.7 Å².